The molecule has 2 aliphatic rings. The Morgan fingerprint density at radius 3 is 1.66 bits per heavy atom. The van der Waals surface area contributed by atoms with Gasteiger partial charge < -0.3 is 0 Å². The van der Waals surface area contributed by atoms with E-state index < -0.39 is 19.3 Å². The van der Waals surface area contributed by atoms with E-state index in [4.69, 9.17) is 23.2 Å². The summed E-state index contributed by atoms with van der Waals surface area (Å²) in [5.74, 6) is 0.808. The maximum absolute atomic E-state index is 6.48. The van der Waals surface area contributed by atoms with Crippen LogP contribution in [0.5, 0.6) is 0 Å². The third-order valence-electron chi connectivity index (χ3n) is 10.5. The Kier molecular flexibility index (Phi) is 12.5. The van der Waals surface area contributed by atoms with E-state index in [1.807, 2.05) is 24.3 Å². The van der Waals surface area contributed by atoms with Crippen LogP contribution in [0, 0.1) is 11.8 Å². The topological polar surface area (TPSA) is 0 Å². The first kappa shape index (κ1) is 40.9. The van der Waals surface area contributed by atoms with Gasteiger partial charge in [-0.3, -0.25) is 0 Å². The van der Waals surface area contributed by atoms with Crippen molar-refractivity contribution in [2.24, 2.45) is 11.8 Å². The van der Waals surface area contributed by atoms with Crippen LogP contribution in [0.4, 0.5) is 0 Å². The van der Waals surface area contributed by atoms with Gasteiger partial charge in [-0.2, -0.15) is 0 Å². The van der Waals surface area contributed by atoms with E-state index in [2.05, 4.69) is 137 Å². The van der Waals surface area contributed by atoms with Crippen LogP contribution < -0.4 is 3.27 Å². The Bertz CT molecular complexity index is 2030. The number of benzene rings is 4. The second-order valence-corrected chi connectivity index (χ2v) is 25.7. The maximum atomic E-state index is 6.48. The number of allylic oxidation sites excluding steroid dienone is 4. The van der Waals surface area contributed by atoms with E-state index in [9.17, 15) is 0 Å². The van der Waals surface area contributed by atoms with Crippen LogP contribution in [-0.4, -0.2) is 7.42 Å². The van der Waals surface area contributed by atoms with Gasteiger partial charge in [0.25, 0.3) is 0 Å². The first-order chi connectivity index (χ1) is 22.5. The van der Waals surface area contributed by atoms with E-state index in [-0.39, 0.29) is 35.6 Å². The molecule has 50 heavy (non-hydrogen) atoms. The van der Waals surface area contributed by atoms with Gasteiger partial charge in [-0.25, -0.2) is 0 Å². The summed E-state index contributed by atoms with van der Waals surface area (Å²) in [5, 5.41) is 1.53. The molecule has 264 valence electrons. The number of hydrogen-bond acceptors (Lipinski definition) is 0. The fourth-order valence-electron chi connectivity index (χ4n) is 7.97. The summed E-state index contributed by atoms with van der Waals surface area (Å²) in [6.07, 6.45) is 3.52. The van der Waals surface area contributed by atoms with Gasteiger partial charge in [0.2, 0.25) is 0 Å². The van der Waals surface area contributed by atoms with Crippen LogP contribution in [0.1, 0.15) is 103 Å². The minimum absolute atomic E-state index is 0. The molecule has 1 atom stereocenters. The van der Waals surface area contributed by atoms with Gasteiger partial charge in [0, 0.05) is 0 Å². The van der Waals surface area contributed by atoms with Crippen molar-refractivity contribution in [1.29, 1.82) is 0 Å². The third-order valence-corrected chi connectivity index (χ3v) is 22.4. The second-order valence-electron chi connectivity index (χ2n) is 16.5. The summed E-state index contributed by atoms with van der Waals surface area (Å²) in [6, 6.07) is 29.4. The molecule has 0 nitrogen and oxygen atoms in total. The van der Waals surface area contributed by atoms with Crippen molar-refractivity contribution in [2.75, 3.05) is 0 Å². The molecule has 5 heteroatoms. The number of rotatable bonds is 5. The van der Waals surface area contributed by atoms with Crippen LogP contribution >= 0.6 is 48.0 Å². The zero-order valence-corrected chi connectivity index (χ0v) is 36.8. The summed E-state index contributed by atoms with van der Waals surface area (Å²) < 4.78 is 8.66. The first-order valence-corrected chi connectivity index (χ1v) is 23.5. The van der Waals surface area contributed by atoms with Crippen LogP contribution in [0.25, 0.3) is 11.1 Å². The van der Waals surface area contributed by atoms with E-state index in [0.29, 0.717) is 11.8 Å². The minimum atomic E-state index is -4.00. The molecule has 1 unspecified atom stereocenters. The second kappa shape index (κ2) is 15.2. The molecule has 0 aromatic heterocycles. The third kappa shape index (κ3) is 7.89. The van der Waals surface area contributed by atoms with E-state index in [1.165, 1.54) is 55.7 Å². The summed E-state index contributed by atoms with van der Waals surface area (Å²) >= 11 is 8.96. The summed E-state index contributed by atoms with van der Waals surface area (Å²) in [6.45, 7) is 23.6. The molecular weight excluding hydrogens is 774 g/mol. The fourth-order valence-corrected chi connectivity index (χ4v) is 20.9. The average Bonchev–Trinajstić information content (AvgIpc) is 3.54. The molecular formula is C45H52Cl4Zr. The van der Waals surface area contributed by atoms with Crippen molar-refractivity contribution >= 4 is 58.7 Å². The van der Waals surface area contributed by atoms with Crippen LogP contribution in [-0.2, 0) is 36.5 Å². The largest absolute Gasteiger partial charge is 0.147 e. The zero-order chi connectivity index (χ0) is 34.8. The van der Waals surface area contributed by atoms with Crippen molar-refractivity contribution in [1.82, 2.24) is 0 Å². The van der Waals surface area contributed by atoms with Crippen LogP contribution in [0.15, 0.2) is 99.4 Å². The number of hydrogen-bond donors (Lipinski definition) is 0. The molecule has 4 aromatic carbocycles. The molecule has 4 aromatic rings. The Morgan fingerprint density at radius 1 is 0.700 bits per heavy atom. The monoisotopic (exact) mass is 822 g/mol. The molecule has 0 amide bonds. The zero-order valence-electron chi connectivity index (χ0n) is 31.2. The van der Waals surface area contributed by atoms with Crippen molar-refractivity contribution < 1.29 is 19.3 Å². The predicted molar refractivity (Wildman–Crippen MR) is 224 cm³/mol. The number of halogens is 4. The molecule has 0 bridgehead atoms. The van der Waals surface area contributed by atoms with E-state index in [1.54, 1.807) is 6.55 Å². The molecule has 0 heterocycles. The Morgan fingerprint density at radius 2 is 1.20 bits per heavy atom. The van der Waals surface area contributed by atoms with Gasteiger partial charge in [0.1, 0.15) is 0 Å². The van der Waals surface area contributed by atoms with Crippen molar-refractivity contribution in [3.8, 4) is 11.1 Å². The van der Waals surface area contributed by atoms with Gasteiger partial charge in [0.05, 0.1) is 0 Å². The standard InChI is InChI=1S/C21H25.C10H15.2C7H5Cl.2ClH.Zr/c1-20(2,3)16-9-7-14-11-15-8-10-17(21(4,5)6)13-19(15)18(14)12-16;1-7(2)10-6-8(3)5-9(10)4;2*1-6-2-4-7(8)5-3-6;;;/h7,9-10,12-13H,11H2,1-6H3;6-8H,1-4H3;2*1-5H;2*1H;. The van der Waals surface area contributed by atoms with Crippen molar-refractivity contribution in [3.05, 3.63) is 143 Å². The Hall–Kier alpha value is -1.86. The van der Waals surface area contributed by atoms with Gasteiger partial charge in [-0.1, -0.05) is 0 Å². The summed E-state index contributed by atoms with van der Waals surface area (Å²) in [5.41, 5.74) is 14.1. The SMILES string of the molecule is CC1=[C]([Zr](=[CH]c2ccc(Cl)cc2)(=[CH]c2ccc(Cl)cc2)[c]2cc(C(C)(C)C)cc3c2Cc2ccc(C(C)(C)C)cc2-3)C(C)C=C1C(C)C.Cl.Cl. The normalized spacial score (nSPS) is 15.3. The quantitative estimate of drug-likeness (QED) is 0.166. The van der Waals surface area contributed by atoms with Crippen molar-refractivity contribution in [2.45, 2.75) is 86.5 Å². The van der Waals surface area contributed by atoms with E-state index in [0.717, 1.165) is 16.5 Å². The van der Waals surface area contributed by atoms with Gasteiger partial charge >= 0.3 is 305 Å². The molecule has 0 spiro atoms. The van der Waals surface area contributed by atoms with Crippen LogP contribution in [0.3, 0.4) is 0 Å². The fraction of sp³-hybridized carbons (Fsp3) is 0.333. The molecule has 0 radical (unpaired) electrons. The summed E-state index contributed by atoms with van der Waals surface area (Å²) in [7, 11) is 0. The van der Waals surface area contributed by atoms with Crippen molar-refractivity contribution in [3.63, 3.8) is 0 Å². The molecule has 0 N–H and O–H groups in total. The van der Waals surface area contributed by atoms with Gasteiger partial charge in [-0.05, 0) is 0 Å². The molecule has 0 saturated carbocycles. The molecule has 0 saturated heterocycles. The molecule has 2 aliphatic carbocycles. The van der Waals surface area contributed by atoms with Gasteiger partial charge in [-0.15, -0.1) is 24.8 Å². The average molecular weight is 826 g/mol. The molecule has 0 fully saturated rings. The number of fused-ring (bicyclic) bond motifs is 3. The van der Waals surface area contributed by atoms with E-state index >= 15 is 0 Å². The first-order valence-electron chi connectivity index (χ1n) is 17.5. The Labute approximate surface area is 327 Å². The minimum Gasteiger partial charge on any atom is -0.147 e. The summed E-state index contributed by atoms with van der Waals surface area (Å²) in [4.78, 5) is 0. The molecule has 0 aliphatic heterocycles. The predicted octanol–water partition coefficient (Wildman–Crippen LogP) is 13.0. The Balaban J connectivity index is 0.00000281. The smallest absolute Gasteiger partial charge is 0.147 e. The molecule has 6 rings (SSSR count). The van der Waals surface area contributed by atoms with Crippen LogP contribution in [0.2, 0.25) is 10.0 Å². The maximum Gasteiger partial charge on any atom is -0.147 e. The van der Waals surface area contributed by atoms with Gasteiger partial charge in [0.15, 0.2) is 0 Å².